The van der Waals surface area contributed by atoms with Crippen molar-refractivity contribution in [3.63, 3.8) is 0 Å². The predicted molar refractivity (Wildman–Crippen MR) is 85.8 cm³/mol. The quantitative estimate of drug-likeness (QED) is 0.693. The summed E-state index contributed by atoms with van der Waals surface area (Å²) >= 11 is 5.66. The average Bonchev–Trinajstić information content (AvgIpc) is 3.03. The van der Waals surface area contributed by atoms with E-state index in [0.29, 0.717) is 11.8 Å². The summed E-state index contributed by atoms with van der Waals surface area (Å²) in [5.74, 6) is 2.47. The van der Waals surface area contributed by atoms with Gasteiger partial charge in [-0.3, -0.25) is 4.99 Å². The predicted octanol–water partition coefficient (Wildman–Crippen LogP) is 5.14. The first-order chi connectivity index (χ1) is 9.33. The number of nitrogens with zero attached hydrogens (tertiary/aromatic N) is 1. The summed E-state index contributed by atoms with van der Waals surface area (Å²) in [5.41, 5.74) is 4.34. The molecule has 1 fully saturated rings. The van der Waals surface area contributed by atoms with Crippen LogP contribution in [0.2, 0.25) is 0 Å². The fourth-order valence-corrected chi connectivity index (χ4v) is 5.36. The zero-order chi connectivity index (χ0) is 12.8. The lowest BCUT2D eigenvalue weighted by Crippen LogP contribution is -2.22. The van der Waals surface area contributed by atoms with Crippen LogP contribution in [0.3, 0.4) is 0 Å². The van der Waals surface area contributed by atoms with Crippen LogP contribution in [-0.2, 0) is 0 Å². The number of allylic oxidation sites excluding steroid dienone is 2. The minimum Gasteiger partial charge on any atom is -0.261 e. The minimum atomic E-state index is 0.579. The van der Waals surface area contributed by atoms with Gasteiger partial charge in [0.1, 0.15) is 0 Å². The summed E-state index contributed by atoms with van der Waals surface area (Å²) in [4.78, 5) is 6.53. The average molecular weight is 334 g/mol. The zero-order valence-electron chi connectivity index (χ0n) is 10.7. The minimum absolute atomic E-state index is 0.579. The second-order valence-corrected chi connectivity index (χ2v) is 7.60. The van der Waals surface area contributed by atoms with E-state index in [2.05, 4.69) is 40.2 Å². The topological polar surface area (TPSA) is 12.4 Å². The molecule has 1 aromatic rings. The molecule has 1 aromatic carbocycles. The lowest BCUT2D eigenvalue weighted by atomic mass is 9.81. The van der Waals surface area contributed by atoms with Crippen LogP contribution in [0, 0.1) is 5.92 Å². The van der Waals surface area contributed by atoms with Crippen LogP contribution in [-0.4, -0.2) is 11.5 Å². The van der Waals surface area contributed by atoms with E-state index in [1.807, 2.05) is 11.8 Å². The van der Waals surface area contributed by atoms with Crippen molar-refractivity contribution in [1.29, 1.82) is 0 Å². The van der Waals surface area contributed by atoms with Gasteiger partial charge in [-0.1, -0.05) is 28.1 Å². The molecule has 1 nitrogen and oxygen atoms in total. The summed E-state index contributed by atoms with van der Waals surface area (Å²) in [6.45, 7) is 0. The molecule has 0 radical (unpaired) electrons. The first kappa shape index (κ1) is 12.2. The molecule has 0 amide bonds. The third-order valence-electron chi connectivity index (χ3n) is 4.43. The Morgan fingerprint density at radius 3 is 3.11 bits per heavy atom. The Kier molecular flexibility index (Phi) is 3.07. The van der Waals surface area contributed by atoms with E-state index in [1.165, 1.54) is 52.9 Å². The SMILES string of the molecule is Brc1cccc(C2C3=C(CCS3)N=C3CCCC32)c1. The maximum Gasteiger partial charge on any atom is 0.0512 e. The molecular formula is C16H16BrNS. The molecule has 1 saturated carbocycles. The van der Waals surface area contributed by atoms with Gasteiger partial charge in [0.15, 0.2) is 0 Å². The van der Waals surface area contributed by atoms with Crippen LogP contribution in [0.1, 0.15) is 37.2 Å². The van der Waals surface area contributed by atoms with Gasteiger partial charge in [0.25, 0.3) is 0 Å². The summed E-state index contributed by atoms with van der Waals surface area (Å²) < 4.78 is 1.19. The van der Waals surface area contributed by atoms with Gasteiger partial charge in [0.05, 0.1) is 5.70 Å². The molecule has 98 valence electrons. The zero-order valence-corrected chi connectivity index (χ0v) is 13.1. The Balaban J connectivity index is 1.83. The van der Waals surface area contributed by atoms with Crippen molar-refractivity contribution in [3.05, 3.63) is 44.9 Å². The van der Waals surface area contributed by atoms with E-state index in [9.17, 15) is 0 Å². The molecule has 0 spiro atoms. The van der Waals surface area contributed by atoms with Crippen molar-refractivity contribution in [2.75, 3.05) is 5.75 Å². The van der Waals surface area contributed by atoms with Crippen molar-refractivity contribution in [2.24, 2.45) is 10.9 Å². The van der Waals surface area contributed by atoms with Crippen LogP contribution in [0.15, 0.2) is 44.3 Å². The van der Waals surface area contributed by atoms with Crippen molar-refractivity contribution in [1.82, 2.24) is 0 Å². The monoisotopic (exact) mass is 333 g/mol. The number of halogens is 1. The number of benzene rings is 1. The first-order valence-corrected chi connectivity index (χ1v) is 8.79. The van der Waals surface area contributed by atoms with Gasteiger partial charge in [-0.15, -0.1) is 11.8 Å². The Morgan fingerprint density at radius 1 is 1.26 bits per heavy atom. The van der Waals surface area contributed by atoms with Gasteiger partial charge >= 0.3 is 0 Å². The van der Waals surface area contributed by atoms with Crippen molar-refractivity contribution in [3.8, 4) is 0 Å². The molecule has 0 bridgehead atoms. The summed E-state index contributed by atoms with van der Waals surface area (Å²) in [7, 11) is 0. The van der Waals surface area contributed by atoms with Crippen molar-refractivity contribution < 1.29 is 0 Å². The molecule has 1 aliphatic carbocycles. The van der Waals surface area contributed by atoms with Crippen LogP contribution >= 0.6 is 27.7 Å². The smallest absolute Gasteiger partial charge is 0.0512 e. The third kappa shape index (κ3) is 2.02. The molecule has 0 saturated heterocycles. The van der Waals surface area contributed by atoms with Gasteiger partial charge in [-0.05, 0) is 43.4 Å². The highest BCUT2D eigenvalue weighted by Gasteiger charge is 2.39. The second kappa shape index (κ2) is 4.78. The summed E-state index contributed by atoms with van der Waals surface area (Å²) in [6.07, 6.45) is 5.02. The Labute approximate surface area is 126 Å². The highest BCUT2D eigenvalue weighted by Crippen LogP contribution is 2.52. The second-order valence-electron chi connectivity index (χ2n) is 5.54. The van der Waals surface area contributed by atoms with Crippen LogP contribution < -0.4 is 0 Å². The first-order valence-electron chi connectivity index (χ1n) is 7.02. The highest BCUT2D eigenvalue weighted by molar-refractivity contribution is 9.10. The highest BCUT2D eigenvalue weighted by atomic mass is 79.9. The van der Waals surface area contributed by atoms with E-state index in [-0.39, 0.29) is 0 Å². The van der Waals surface area contributed by atoms with Gasteiger partial charge < -0.3 is 0 Å². The van der Waals surface area contributed by atoms with Crippen LogP contribution in [0.4, 0.5) is 0 Å². The van der Waals surface area contributed by atoms with E-state index in [4.69, 9.17) is 4.99 Å². The molecule has 2 heterocycles. The van der Waals surface area contributed by atoms with Crippen molar-refractivity contribution in [2.45, 2.75) is 31.6 Å². The maximum atomic E-state index is 4.97. The third-order valence-corrected chi connectivity index (χ3v) is 6.13. The van der Waals surface area contributed by atoms with Crippen molar-refractivity contribution >= 4 is 33.4 Å². The summed E-state index contributed by atoms with van der Waals surface area (Å²) in [6, 6.07) is 8.88. The molecule has 2 aliphatic heterocycles. The largest absolute Gasteiger partial charge is 0.261 e. The van der Waals surface area contributed by atoms with Gasteiger partial charge in [-0.2, -0.15) is 0 Å². The number of hydrogen-bond donors (Lipinski definition) is 0. The van der Waals surface area contributed by atoms with Crippen LogP contribution in [0.25, 0.3) is 0 Å². The van der Waals surface area contributed by atoms with Gasteiger partial charge in [-0.25, -0.2) is 0 Å². The molecule has 0 aromatic heterocycles. The molecule has 2 unspecified atom stereocenters. The molecule has 4 rings (SSSR count). The number of fused-ring (bicyclic) bond motifs is 1. The number of aliphatic imine (C=N–C) groups is 1. The fraction of sp³-hybridized carbons (Fsp3) is 0.438. The molecule has 3 aliphatic rings. The van der Waals surface area contributed by atoms with Gasteiger partial charge in [0, 0.05) is 32.7 Å². The van der Waals surface area contributed by atoms with E-state index >= 15 is 0 Å². The number of hydrogen-bond acceptors (Lipinski definition) is 2. The lowest BCUT2D eigenvalue weighted by molar-refractivity contribution is 0.585. The molecule has 3 heteroatoms. The van der Waals surface area contributed by atoms with E-state index < -0.39 is 0 Å². The Hall–Kier alpha value is -0.540. The summed E-state index contributed by atoms with van der Waals surface area (Å²) in [5, 5.41) is 0. The fourth-order valence-electron chi connectivity index (χ4n) is 3.64. The standard InChI is InChI=1S/C16H16BrNS/c17-11-4-1-3-10(9-11)15-12-5-2-6-13(12)18-14-7-8-19-16(14)15/h1,3-4,9,12,15H,2,5-8H2. The molecule has 19 heavy (non-hydrogen) atoms. The lowest BCUT2D eigenvalue weighted by Gasteiger charge is -2.29. The molecular weight excluding hydrogens is 318 g/mol. The Bertz CT molecular complexity index is 590. The van der Waals surface area contributed by atoms with Gasteiger partial charge in [0.2, 0.25) is 0 Å². The maximum absolute atomic E-state index is 4.97. The Morgan fingerprint density at radius 2 is 2.21 bits per heavy atom. The molecule has 2 atom stereocenters. The van der Waals surface area contributed by atoms with E-state index in [1.54, 1.807) is 4.91 Å². The number of rotatable bonds is 1. The number of thioether (sulfide) groups is 1. The van der Waals surface area contributed by atoms with Crippen LogP contribution in [0.5, 0.6) is 0 Å². The van der Waals surface area contributed by atoms with E-state index in [0.717, 1.165) is 0 Å². The normalized spacial score (nSPS) is 29.2. The molecule has 0 N–H and O–H groups in total.